The SMILES string of the molecule is Cc1c(F)cccc1C(=O)Nc1cccc(C(=O)N2CCCCC2C(=O)O)c1. The third kappa shape index (κ3) is 4.03. The molecule has 1 atom stereocenters. The molecule has 1 aliphatic heterocycles. The van der Waals surface area contributed by atoms with Gasteiger partial charge in [-0.3, -0.25) is 9.59 Å². The number of carbonyl (C=O) groups excluding carboxylic acids is 2. The van der Waals surface area contributed by atoms with Crippen LogP contribution in [0.1, 0.15) is 45.5 Å². The minimum Gasteiger partial charge on any atom is -0.480 e. The molecule has 28 heavy (non-hydrogen) atoms. The number of nitrogens with one attached hydrogen (secondary N) is 1. The zero-order valence-electron chi connectivity index (χ0n) is 15.4. The van der Waals surface area contributed by atoms with E-state index in [9.17, 15) is 23.9 Å². The molecule has 2 aromatic rings. The molecule has 6 nitrogen and oxygen atoms in total. The van der Waals surface area contributed by atoms with Crippen LogP contribution in [0.5, 0.6) is 0 Å². The topological polar surface area (TPSA) is 86.7 Å². The summed E-state index contributed by atoms with van der Waals surface area (Å²) in [5, 5.41) is 12.0. The van der Waals surface area contributed by atoms with Gasteiger partial charge in [0.15, 0.2) is 0 Å². The smallest absolute Gasteiger partial charge is 0.326 e. The predicted octanol–water partition coefficient (Wildman–Crippen LogP) is 3.47. The highest BCUT2D eigenvalue weighted by Gasteiger charge is 2.32. The minimum atomic E-state index is -1.01. The van der Waals surface area contributed by atoms with Crippen molar-refractivity contribution in [2.75, 3.05) is 11.9 Å². The number of hydrogen-bond acceptors (Lipinski definition) is 3. The molecular formula is C21H21FN2O4. The molecule has 1 aliphatic rings. The van der Waals surface area contributed by atoms with Gasteiger partial charge >= 0.3 is 5.97 Å². The van der Waals surface area contributed by atoms with E-state index >= 15 is 0 Å². The van der Waals surface area contributed by atoms with E-state index in [-0.39, 0.29) is 17.0 Å². The quantitative estimate of drug-likeness (QED) is 0.845. The highest BCUT2D eigenvalue weighted by atomic mass is 19.1. The van der Waals surface area contributed by atoms with Gasteiger partial charge in [-0.1, -0.05) is 12.1 Å². The number of carbonyl (C=O) groups is 3. The maximum absolute atomic E-state index is 13.7. The molecular weight excluding hydrogens is 363 g/mol. The normalized spacial score (nSPS) is 16.5. The number of piperidine rings is 1. The number of likely N-dealkylation sites (tertiary alicyclic amines) is 1. The summed E-state index contributed by atoms with van der Waals surface area (Å²) in [5.41, 5.74) is 1.12. The van der Waals surface area contributed by atoms with Gasteiger partial charge in [0, 0.05) is 23.4 Å². The molecule has 1 unspecified atom stereocenters. The number of hydrogen-bond donors (Lipinski definition) is 2. The summed E-state index contributed by atoms with van der Waals surface area (Å²) < 4.78 is 13.7. The Kier molecular flexibility index (Phi) is 5.73. The van der Waals surface area contributed by atoms with Crippen LogP contribution in [0.25, 0.3) is 0 Å². The second-order valence-electron chi connectivity index (χ2n) is 6.80. The van der Waals surface area contributed by atoms with Crippen LogP contribution in [0.4, 0.5) is 10.1 Å². The van der Waals surface area contributed by atoms with Gasteiger partial charge in [0.25, 0.3) is 11.8 Å². The largest absolute Gasteiger partial charge is 0.480 e. The maximum atomic E-state index is 13.7. The van der Waals surface area contributed by atoms with Gasteiger partial charge in [-0.05, 0) is 62.1 Å². The lowest BCUT2D eigenvalue weighted by Gasteiger charge is -2.33. The standard InChI is InChI=1S/C21H21FN2O4/c1-13-16(8-5-9-17(13)22)19(25)23-15-7-4-6-14(12-15)20(26)24-11-3-2-10-18(24)21(27)28/h4-9,12,18H,2-3,10-11H2,1H3,(H,23,25)(H,27,28). The third-order valence-corrected chi connectivity index (χ3v) is 4.93. The Balaban J connectivity index is 1.80. The van der Waals surface area contributed by atoms with Crippen molar-refractivity contribution in [1.82, 2.24) is 4.90 Å². The number of halogens is 1. The number of carboxylic acid groups (broad SMARTS) is 1. The molecule has 0 aliphatic carbocycles. The van der Waals surface area contributed by atoms with Crippen LogP contribution in [0.15, 0.2) is 42.5 Å². The highest BCUT2D eigenvalue weighted by molar-refractivity contribution is 6.06. The molecule has 1 saturated heterocycles. The van der Waals surface area contributed by atoms with Crippen molar-refractivity contribution in [3.8, 4) is 0 Å². The molecule has 2 N–H and O–H groups in total. The average molecular weight is 384 g/mol. The van der Waals surface area contributed by atoms with Crippen LogP contribution in [-0.4, -0.2) is 40.4 Å². The molecule has 146 valence electrons. The molecule has 0 saturated carbocycles. The first kappa shape index (κ1) is 19.5. The Morgan fingerprint density at radius 3 is 2.64 bits per heavy atom. The summed E-state index contributed by atoms with van der Waals surface area (Å²) >= 11 is 0. The van der Waals surface area contributed by atoms with Crippen molar-refractivity contribution in [2.45, 2.75) is 32.2 Å². The van der Waals surface area contributed by atoms with E-state index in [4.69, 9.17) is 0 Å². The fourth-order valence-electron chi connectivity index (χ4n) is 3.38. The van der Waals surface area contributed by atoms with Crippen molar-refractivity contribution in [3.63, 3.8) is 0 Å². The third-order valence-electron chi connectivity index (χ3n) is 4.93. The predicted molar refractivity (Wildman–Crippen MR) is 102 cm³/mol. The number of amides is 2. The Morgan fingerprint density at radius 2 is 1.89 bits per heavy atom. The summed E-state index contributed by atoms with van der Waals surface area (Å²) in [6.45, 7) is 1.90. The lowest BCUT2D eigenvalue weighted by Crippen LogP contribution is -2.48. The summed E-state index contributed by atoms with van der Waals surface area (Å²) in [6, 6.07) is 9.74. The van der Waals surface area contributed by atoms with Crippen LogP contribution in [0.2, 0.25) is 0 Å². The zero-order chi connectivity index (χ0) is 20.3. The molecule has 7 heteroatoms. The number of carboxylic acids is 1. The lowest BCUT2D eigenvalue weighted by molar-refractivity contribution is -0.143. The van der Waals surface area contributed by atoms with Crippen LogP contribution in [0, 0.1) is 12.7 Å². The van der Waals surface area contributed by atoms with E-state index in [1.54, 1.807) is 18.2 Å². The van der Waals surface area contributed by atoms with E-state index in [2.05, 4.69) is 5.32 Å². The molecule has 1 heterocycles. The first-order chi connectivity index (χ1) is 13.4. The van der Waals surface area contributed by atoms with Gasteiger partial charge < -0.3 is 15.3 Å². The first-order valence-electron chi connectivity index (χ1n) is 9.09. The molecule has 3 rings (SSSR count). The minimum absolute atomic E-state index is 0.207. The number of nitrogens with zero attached hydrogens (tertiary/aromatic N) is 1. The molecule has 1 fully saturated rings. The fraction of sp³-hybridized carbons (Fsp3) is 0.286. The van der Waals surface area contributed by atoms with E-state index in [0.29, 0.717) is 24.2 Å². The molecule has 2 aromatic carbocycles. The van der Waals surface area contributed by atoms with Gasteiger partial charge in [0.1, 0.15) is 11.9 Å². The number of aliphatic carboxylic acids is 1. The van der Waals surface area contributed by atoms with Crippen molar-refractivity contribution < 1.29 is 23.9 Å². The maximum Gasteiger partial charge on any atom is 0.326 e. The van der Waals surface area contributed by atoms with Crippen molar-refractivity contribution in [2.24, 2.45) is 0 Å². The van der Waals surface area contributed by atoms with Crippen LogP contribution in [0.3, 0.4) is 0 Å². The van der Waals surface area contributed by atoms with Gasteiger partial charge in [0.05, 0.1) is 0 Å². The molecule has 2 amide bonds. The van der Waals surface area contributed by atoms with E-state index in [0.717, 1.165) is 12.8 Å². The van der Waals surface area contributed by atoms with Gasteiger partial charge in [-0.2, -0.15) is 0 Å². The second kappa shape index (κ2) is 8.21. The van der Waals surface area contributed by atoms with E-state index in [1.807, 2.05) is 0 Å². The molecule has 0 spiro atoms. The van der Waals surface area contributed by atoms with Crippen LogP contribution >= 0.6 is 0 Å². The molecule has 0 aromatic heterocycles. The van der Waals surface area contributed by atoms with Crippen molar-refractivity contribution in [3.05, 3.63) is 65.0 Å². The Hall–Kier alpha value is -3.22. The van der Waals surface area contributed by atoms with Crippen molar-refractivity contribution in [1.29, 1.82) is 0 Å². The Morgan fingerprint density at radius 1 is 1.14 bits per heavy atom. The number of rotatable bonds is 4. The lowest BCUT2D eigenvalue weighted by atomic mass is 10.0. The Bertz CT molecular complexity index is 928. The summed E-state index contributed by atoms with van der Waals surface area (Å²) in [7, 11) is 0. The number of benzene rings is 2. The summed E-state index contributed by atoms with van der Waals surface area (Å²) in [4.78, 5) is 38.1. The molecule has 0 radical (unpaired) electrons. The zero-order valence-corrected chi connectivity index (χ0v) is 15.4. The van der Waals surface area contributed by atoms with Gasteiger partial charge in [-0.15, -0.1) is 0 Å². The number of anilines is 1. The average Bonchev–Trinajstić information content (AvgIpc) is 2.69. The van der Waals surface area contributed by atoms with E-state index < -0.39 is 23.7 Å². The van der Waals surface area contributed by atoms with Gasteiger partial charge in [-0.25, -0.2) is 9.18 Å². The second-order valence-corrected chi connectivity index (χ2v) is 6.80. The first-order valence-corrected chi connectivity index (χ1v) is 9.09. The molecule has 0 bridgehead atoms. The van der Waals surface area contributed by atoms with Gasteiger partial charge in [0.2, 0.25) is 0 Å². The van der Waals surface area contributed by atoms with Crippen LogP contribution in [-0.2, 0) is 4.79 Å². The van der Waals surface area contributed by atoms with Crippen LogP contribution < -0.4 is 5.32 Å². The summed E-state index contributed by atoms with van der Waals surface area (Å²) in [6.07, 6.45) is 1.95. The Labute approximate surface area is 162 Å². The summed E-state index contributed by atoms with van der Waals surface area (Å²) in [5.74, 6) is -2.35. The fourth-order valence-corrected chi connectivity index (χ4v) is 3.38. The van der Waals surface area contributed by atoms with Crippen molar-refractivity contribution >= 4 is 23.5 Å². The highest BCUT2D eigenvalue weighted by Crippen LogP contribution is 2.22. The monoisotopic (exact) mass is 384 g/mol. The van der Waals surface area contributed by atoms with E-state index in [1.165, 1.54) is 36.1 Å².